The highest BCUT2D eigenvalue weighted by Gasteiger charge is 2.08. The molecular weight excluding hydrogens is 348 g/mol. The Bertz CT molecular complexity index is 1150. The molecule has 0 aliphatic carbocycles. The first-order chi connectivity index (χ1) is 13.1. The fourth-order valence-corrected chi connectivity index (χ4v) is 2.48. The van der Waals surface area contributed by atoms with E-state index in [9.17, 15) is 9.59 Å². The number of aromatic amines is 1. The summed E-state index contributed by atoms with van der Waals surface area (Å²) in [5, 5.41) is 13.0. The van der Waals surface area contributed by atoms with E-state index in [4.69, 9.17) is 14.7 Å². The predicted octanol–water partition coefficient (Wildman–Crippen LogP) is 1.87. The minimum Gasteiger partial charge on any atom is -0.490 e. The molecule has 0 aliphatic heterocycles. The van der Waals surface area contributed by atoms with Gasteiger partial charge in [0.2, 0.25) is 0 Å². The van der Waals surface area contributed by atoms with Gasteiger partial charge >= 0.3 is 5.69 Å². The maximum atomic E-state index is 12.5. The number of fused-ring (bicyclic) bond motifs is 1. The normalized spacial score (nSPS) is 10.8. The van der Waals surface area contributed by atoms with Gasteiger partial charge in [-0.3, -0.25) is 4.79 Å². The number of hydrogen-bond donors (Lipinski definition) is 1. The molecule has 3 aromatic rings. The molecule has 1 aromatic heterocycles. The van der Waals surface area contributed by atoms with Crippen molar-refractivity contribution in [2.24, 2.45) is 5.10 Å². The average Bonchev–Trinajstić information content (AvgIpc) is 2.67. The Labute approximate surface area is 153 Å². The molecule has 3 rings (SSSR count). The predicted molar refractivity (Wildman–Crippen MR) is 101 cm³/mol. The molecule has 8 heteroatoms. The second-order valence-corrected chi connectivity index (χ2v) is 5.42. The molecule has 0 unspecified atom stereocenters. The van der Waals surface area contributed by atoms with E-state index in [0.717, 1.165) is 4.68 Å². The maximum Gasteiger partial charge on any atom is 0.349 e. The topological polar surface area (TPSA) is 109 Å². The van der Waals surface area contributed by atoms with Crippen LogP contribution < -0.4 is 20.7 Å². The molecular formula is C19H16N4O4. The second kappa shape index (κ2) is 8.01. The first-order valence-corrected chi connectivity index (χ1v) is 8.19. The van der Waals surface area contributed by atoms with Crippen LogP contribution >= 0.6 is 0 Å². The van der Waals surface area contributed by atoms with E-state index in [1.54, 1.807) is 42.5 Å². The van der Waals surface area contributed by atoms with E-state index in [1.807, 2.05) is 13.0 Å². The molecule has 8 nitrogen and oxygen atoms in total. The van der Waals surface area contributed by atoms with Gasteiger partial charge < -0.3 is 14.5 Å². The summed E-state index contributed by atoms with van der Waals surface area (Å²) >= 11 is 0. The molecule has 27 heavy (non-hydrogen) atoms. The third-order valence-electron chi connectivity index (χ3n) is 3.67. The summed E-state index contributed by atoms with van der Waals surface area (Å²) in [6, 6.07) is 13.6. The van der Waals surface area contributed by atoms with Crippen LogP contribution in [-0.2, 0) is 0 Å². The standard InChI is InChI=1S/C19H16N4O4/c1-2-26-17-11-13(7-8-16(17)27-10-9-20)12-21-23-18(24)14-5-3-4-6-15(14)22-19(23)25/h3-8,11-12H,2,10H2,1H3,(H,22,25). The zero-order valence-corrected chi connectivity index (χ0v) is 14.5. The zero-order chi connectivity index (χ0) is 19.2. The van der Waals surface area contributed by atoms with Crippen LogP contribution in [0.25, 0.3) is 10.9 Å². The SMILES string of the molecule is CCOc1cc(C=Nn2c(=O)[nH]c3ccccc3c2=O)ccc1OCC#N. The number of nitrogens with one attached hydrogen (secondary N) is 1. The van der Waals surface area contributed by atoms with Crippen LogP contribution in [0.4, 0.5) is 0 Å². The molecule has 0 saturated carbocycles. The minimum atomic E-state index is -0.631. The Kier molecular flexibility index (Phi) is 5.33. The summed E-state index contributed by atoms with van der Waals surface area (Å²) < 4.78 is 11.6. The lowest BCUT2D eigenvalue weighted by molar-refractivity contribution is 0.298. The monoisotopic (exact) mass is 364 g/mol. The van der Waals surface area contributed by atoms with Gasteiger partial charge in [0, 0.05) is 0 Å². The molecule has 0 aliphatic rings. The number of H-pyrrole nitrogens is 1. The summed E-state index contributed by atoms with van der Waals surface area (Å²) in [6.45, 7) is 2.13. The number of hydrogen-bond acceptors (Lipinski definition) is 6. The van der Waals surface area contributed by atoms with Crippen molar-refractivity contribution in [3.8, 4) is 17.6 Å². The van der Waals surface area contributed by atoms with Crippen LogP contribution in [0.5, 0.6) is 11.5 Å². The van der Waals surface area contributed by atoms with Crippen molar-refractivity contribution in [3.63, 3.8) is 0 Å². The fourth-order valence-electron chi connectivity index (χ4n) is 2.48. The van der Waals surface area contributed by atoms with E-state index < -0.39 is 11.2 Å². The summed E-state index contributed by atoms with van der Waals surface area (Å²) in [7, 11) is 0. The van der Waals surface area contributed by atoms with Crippen molar-refractivity contribution in [2.75, 3.05) is 13.2 Å². The van der Waals surface area contributed by atoms with Crippen molar-refractivity contribution in [2.45, 2.75) is 6.92 Å². The van der Waals surface area contributed by atoms with Gasteiger partial charge in [-0.05, 0) is 42.8 Å². The van der Waals surface area contributed by atoms with Gasteiger partial charge in [0.25, 0.3) is 5.56 Å². The smallest absolute Gasteiger partial charge is 0.349 e. The second-order valence-electron chi connectivity index (χ2n) is 5.42. The largest absolute Gasteiger partial charge is 0.490 e. The third kappa shape index (κ3) is 3.88. The Morgan fingerprint density at radius 2 is 2.00 bits per heavy atom. The molecule has 0 amide bonds. The van der Waals surface area contributed by atoms with Crippen molar-refractivity contribution in [3.05, 3.63) is 68.9 Å². The van der Waals surface area contributed by atoms with Gasteiger partial charge in [0.1, 0.15) is 6.07 Å². The Balaban J connectivity index is 1.98. The van der Waals surface area contributed by atoms with Gasteiger partial charge in [0.15, 0.2) is 18.1 Å². The Morgan fingerprint density at radius 1 is 1.19 bits per heavy atom. The number of rotatable bonds is 6. The van der Waals surface area contributed by atoms with E-state index in [2.05, 4.69) is 10.1 Å². The molecule has 136 valence electrons. The first-order valence-electron chi connectivity index (χ1n) is 8.19. The maximum absolute atomic E-state index is 12.5. The molecule has 0 radical (unpaired) electrons. The number of nitriles is 1. The highest BCUT2D eigenvalue weighted by Crippen LogP contribution is 2.27. The van der Waals surface area contributed by atoms with Gasteiger partial charge in [-0.2, -0.15) is 10.4 Å². The van der Waals surface area contributed by atoms with Crippen LogP contribution in [0.3, 0.4) is 0 Å². The van der Waals surface area contributed by atoms with Crippen LogP contribution in [0.1, 0.15) is 12.5 Å². The molecule has 0 spiro atoms. The molecule has 0 atom stereocenters. The van der Waals surface area contributed by atoms with E-state index in [1.165, 1.54) is 6.21 Å². The lowest BCUT2D eigenvalue weighted by Crippen LogP contribution is -2.32. The lowest BCUT2D eigenvalue weighted by Gasteiger charge is -2.10. The van der Waals surface area contributed by atoms with Gasteiger partial charge in [-0.15, -0.1) is 4.68 Å². The minimum absolute atomic E-state index is 0.102. The number of ether oxygens (including phenoxy) is 2. The molecule has 2 aromatic carbocycles. The van der Waals surface area contributed by atoms with E-state index in [-0.39, 0.29) is 6.61 Å². The van der Waals surface area contributed by atoms with Crippen molar-refractivity contribution in [1.29, 1.82) is 5.26 Å². The van der Waals surface area contributed by atoms with Crippen molar-refractivity contribution < 1.29 is 9.47 Å². The van der Waals surface area contributed by atoms with Crippen LogP contribution in [0.2, 0.25) is 0 Å². The number of aromatic nitrogens is 2. The quantitative estimate of drug-likeness (QED) is 0.672. The fraction of sp³-hybridized carbons (Fsp3) is 0.158. The zero-order valence-electron chi connectivity index (χ0n) is 14.5. The van der Waals surface area contributed by atoms with Crippen molar-refractivity contribution in [1.82, 2.24) is 9.66 Å². The van der Waals surface area contributed by atoms with Crippen molar-refractivity contribution >= 4 is 17.1 Å². The van der Waals surface area contributed by atoms with Crippen LogP contribution in [0, 0.1) is 11.3 Å². The summed E-state index contributed by atoms with van der Waals surface area (Å²) in [5.74, 6) is 0.868. The summed E-state index contributed by atoms with van der Waals surface area (Å²) in [6.07, 6.45) is 1.38. The number of para-hydroxylation sites is 1. The van der Waals surface area contributed by atoms with Gasteiger partial charge in [0.05, 0.1) is 23.7 Å². The lowest BCUT2D eigenvalue weighted by atomic mass is 10.2. The van der Waals surface area contributed by atoms with Crippen LogP contribution in [0.15, 0.2) is 57.2 Å². The third-order valence-corrected chi connectivity index (χ3v) is 3.67. The van der Waals surface area contributed by atoms with Crippen LogP contribution in [-0.4, -0.2) is 29.1 Å². The number of nitrogens with zero attached hydrogens (tertiary/aromatic N) is 3. The Morgan fingerprint density at radius 3 is 2.78 bits per heavy atom. The summed E-state index contributed by atoms with van der Waals surface area (Å²) in [5.41, 5.74) is -0.0858. The Hall–Kier alpha value is -3.86. The van der Waals surface area contributed by atoms with Gasteiger partial charge in [-0.1, -0.05) is 12.1 Å². The van der Waals surface area contributed by atoms with Gasteiger partial charge in [-0.25, -0.2) is 4.79 Å². The van der Waals surface area contributed by atoms with E-state index >= 15 is 0 Å². The first kappa shape index (κ1) is 17.9. The average molecular weight is 364 g/mol. The number of benzene rings is 2. The summed E-state index contributed by atoms with van der Waals surface area (Å²) in [4.78, 5) is 27.2. The molecule has 0 saturated heterocycles. The van der Waals surface area contributed by atoms with E-state index in [0.29, 0.717) is 34.6 Å². The highest BCUT2D eigenvalue weighted by molar-refractivity contribution is 5.81. The molecule has 1 N–H and O–H groups in total. The molecule has 0 fully saturated rings. The molecule has 1 heterocycles. The molecule has 0 bridgehead atoms. The highest BCUT2D eigenvalue weighted by atomic mass is 16.5.